The molecule has 0 aliphatic rings. The highest BCUT2D eigenvalue weighted by molar-refractivity contribution is 14.1. The molecule has 2 N–H and O–H groups in total. The Hall–Kier alpha value is -3.19. The first-order valence-corrected chi connectivity index (χ1v) is 35.0. The average molecular weight is 1210 g/mol. The van der Waals surface area contributed by atoms with Gasteiger partial charge in [0.2, 0.25) is 0 Å². The predicted molar refractivity (Wildman–Crippen MR) is 334 cm³/mol. The van der Waals surface area contributed by atoms with Crippen molar-refractivity contribution in [2.75, 3.05) is 0 Å². The standard InChI is InChI=1S/C17H27ClN2Si.C16H25ClN2OSi.C16H25ClN2Si.C8H7IN2/c1-11(2)21(12(3)4,13(5)6)20-9-8-15-16(18)14(7)10-19-17(15)20;1-10(2)21(11(3)4,12(5)6)19-8-7-13-15(17)14(20)9-18-16(13)19;1-11(2)20(12(3)4,13(5)6)19-10-8-14-15(17)7-9-18-16(14)19;1-5-4-11-8-6(7(5)9)2-3-10-8/h8-13H,1-7H3;7-12,20H,1-6H3;7-13H,1-6H3;2-4H,1H3,(H,10,11). The van der Waals surface area contributed by atoms with Crippen molar-refractivity contribution in [1.82, 2.24) is 37.6 Å². The van der Waals surface area contributed by atoms with Crippen molar-refractivity contribution in [3.8, 4) is 5.75 Å². The van der Waals surface area contributed by atoms with E-state index in [-0.39, 0.29) is 5.75 Å². The summed E-state index contributed by atoms with van der Waals surface area (Å²) in [4.78, 5) is 21.1. The van der Waals surface area contributed by atoms with Crippen LogP contribution in [-0.4, -0.2) is 67.4 Å². The molecule has 0 spiro atoms. The van der Waals surface area contributed by atoms with Gasteiger partial charge in [0.05, 0.1) is 21.3 Å². The smallest absolute Gasteiger partial charge is 0.171 e. The van der Waals surface area contributed by atoms with Gasteiger partial charge in [0.1, 0.15) is 22.6 Å². The van der Waals surface area contributed by atoms with Crippen LogP contribution in [0, 0.1) is 17.4 Å². The van der Waals surface area contributed by atoms with Crippen LogP contribution in [0.3, 0.4) is 0 Å². The topological polar surface area (TPSA) is 102 Å². The monoisotopic (exact) mass is 1210 g/mol. The summed E-state index contributed by atoms with van der Waals surface area (Å²) in [5.74, 6) is 0.0489. The summed E-state index contributed by atoms with van der Waals surface area (Å²) in [6.45, 7) is 46.4. The first-order valence-electron chi connectivity index (χ1n) is 26.3. The van der Waals surface area contributed by atoms with Crippen molar-refractivity contribution in [3.05, 3.63) is 110 Å². The minimum absolute atomic E-state index is 0.0489. The molecule has 8 rings (SSSR count). The van der Waals surface area contributed by atoms with E-state index in [1.165, 1.54) is 20.7 Å². The lowest BCUT2D eigenvalue weighted by Crippen LogP contribution is -2.51. The number of nitrogens with zero attached hydrogens (tertiary/aromatic N) is 7. The molecule has 0 radical (unpaired) electrons. The van der Waals surface area contributed by atoms with Crippen LogP contribution < -0.4 is 0 Å². The highest BCUT2D eigenvalue weighted by atomic mass is 127. The number of pyridine rings is 4. The fourth-order valence-electron chi connectivity index (χ4n) is 13.7. The number of aromatic hydroxyl groups is 1. The molecular weight excluding hydrogens is 1130 g/mol. The fourth-order valence-corrected chi connectivity index (χ4v) is 34.5. The summed E-state index contributed by atoms with van der Waals surface area (Å²) in [5.41, 5.74) is 11.9. The van der Waals surface area contributed by atoms with Gasteiger partial charge in [0.15, 0.2) is 30.5 Å². The number of aromatic amines is 1. The highest BCUT2D eigenvalue weighted by Crippen LogP contribution is 2.47. The number of rotatable bonds is 12. The summed E-state index contributed by atoms with van der Waals surface area (Å²) < 4.78 is 8.68. The molecule has 0 amide bonds. The van der Waals surface area contributed by atoms with Gasteiger partial charge in [-0.25, -0.2) is 19.9 Å². The Morgan fingerprint density at radius 2 is 0.836 bits per heavy atom. The molecule has 8 aromatic heterocycles. The van der Waals surface area contributed by atoms with Crippen molar-refractivity contribution < 1.29 is 5.11 Å². The molecule has 16 heteroatoms. The van der Waals surface area contributed by atoms with Gasteiger partial charge in [-0.15, -0.1) is 0 Å². The number of hydrogen-bond donors (Lipinski definition) is 2. The van der Waals surface area contributed by atoms with Crippen LogP contribution in [0.1, 0.15) is 136 Å². The lowest BCUT2D eigenvalue weighted by atomic mass is 10.2. The SMILES string of the molecule is CC(C)[Si](C(C)C)(C(C)C)n1ccc2c(Cl)c(O)cnc21.CC(C)[Si](C(C)C)(C(C)C)n1ccc2c(Cl)ccnc21.Cc1cnc2[nH]ccc2c1I.Cc1cnc2c(ccn2[Si](C(C)C)(C(C)C)C(C)C)c1Cl. The second-order valence-corrected chi connectivity index (χ2v) is 42.2. The van der Waals surface area contributed by atoms with Gasteiger partial charge in [-0.1, -0.05) is 159 Å². The molecule has 0 aliphatic heterocycles. The van der Waals surface area contributed by atoms with E-state index >= 15 is 0 Å². The fraction of sp³-hybridized carbons (Fsp3) is 0.509. The van der Waals surface area contributed by atoms with E-state index in [1.54, 1.807) is 0 Å². The summed E-state index contributed by atoms with van der Waals surface area (Å²) in [6.07, 6.45) is 15.6. The van der Waals surface area contributed by atoms with Gasteiger partial charge < -0.3 is 22.8 Å². The molecule has 0 saturated heterocycles. The zero-order valence-electron chi connectivity index (χ0n) is 47.3. The van der Waals surface area contributed by atoms with Gasteiger partial charge in [-0.05, 0) is 146 Å². The molecule has 0 aliphatic carbocycles. The molecule has 8 aromatic rings. The molecule has 0 fully saturated rings. The molecule has 0 aromatic carbocycles. The second-order valence-electron chi connectivity index (χ2n) is 22.8. The van der Waals surface area contributed by atoms with Crippen LogP contribution in [0.2, 0.25) is 64.9 Å². The molecule has 0 saturated carbocycles. The van der Waals surface area contributed by atoms with E-state index in [0.717, 1.165) is 54.4 Å². The number of aryl methyl sites for hydroxylation is 2. The average Bonchev–Trinajstić information content (AvgIpc) is 4.13. The predicted octanol–water partition coefficient (Wildman–Crippen LogP) is 19.6. The van der Waals surface area contributed by atoms with Crippen molar-refractivity contribution in [2.45, 2.75) is 188 Å². The molecular formula is C57H84Cl3IN8OSi3. The van der Waals surface area contributed by atoms with E-state index in [9.17, 15) is 5.11 Å². The molecule has 0 bridgehead atoms. The Morgan fingerprint density at radius 1 is 0.466 bits per heavy atom. The van der Waals surface area contributed by atoms with Crippen LogP contribution in [0.25, 0.3) is 44.1 Å². The van der Waals surface area contributed by atoms with Gasteiger partial charge in [0, 0.05) is 49.9 Å². The largest absolute Gasteiger partial charge is 0.505 e. The minimum atomic E-state index is -1.84. The maximum atomic E-state index is 9.76. The van der Waals surface area contributed by atoms with E-state index in [1.807, 2.05) is 43.8 Å². The Morgan fingerprint density at radius 3 is 1.26 bits per heavy atom. The quantitative estimate of drug-likeness (QED) is 0.0937. The Labute approximate surface area is 469 Å². The number of nitrogens with one attached hydrogen (secondary N) is 1. The van der Waals surface area contributed by atoms with Gasteiger partial charge >= 0.3 is 0 Å². The van der Waals surface area contributed by atoms with Crippen molar-refractivity contribution in [2.24, 2.45) is 0 Å². The molecule has 73 heavy (non-hydrogen) atoms. The summed E-state index contributed by atoms with van der Waals surface area (Å²) in [6, 6.07) is 10.2. The molecule has 0 unspecified atom stereocenters. The summed E-state index contributed by atoms with van der Waals surface area (Å²) >= 11 is 21.4. The summed E-state index contributed by atoms with van der Waals surface area (Å²) in [7, 11) is -5.35. The summed E-state index contributed by atoms with van der Waals surface area (Å²) in [5, 5.41) is 16.0. The molecule has 8 heterocycles. The number of aromatic nitrogens is 8. The van der Waals surface area contributed by atoms with E-state index in [0.29, 0.717) is 54.9 Å². The maximum Gasteiger partial charge on any atom is 0.171 e. The first kappa shape index (κ1) is 60.7. The number of fused-ring (bicyclic) bond motifs is 4. The van der Waals surface area contributed by atoms with Gasteiger partial charge in [0.25, 0.3) is 0 Å². The number of halogens is 4. The molecule has 398 valence electrons. The van der Waals surface area contributed by atoms with Gasteiger partial charge in [-0.3, -0.25) is 0 Å². The minimum Gasteiger partial charge on any atom is -0.505 e. The van der Waals surface area contributed by atoms with E-state index in [2.05, 4.69) is 224 Å². The van der Waals surface area contributed by atoms with Crippen molar-refractivity contribution >= 4 is 126 Å². The Kier molecular flexibility index (Phi) is 20.3. The van der Waals surface area contributed by atoms with Crippen LogP contribution in [0.5, 0.6) is 5.75 Å². The molecule has 9 nitrogen and oxygen atoms in total. The zero-order chi connectivity index (χ0) is 54.8. The third-order valence-electron chi connectivity index (χ3n) is 16.3. The normalized spacial score (nSPS) is 12.7. The second kappa shape index (κ2) is 24.4. The highest BCUT2D eigenvalue weighted by Gasteiger charge is 2.48. The Balaban J connectivity index is 0.000000184. The first-order chi connectivity index (χ1) is 34.1. The lowest BCUT2D eigenvalue weighted by molar-refractivity contribution is 0.474. The third kappa shape index (κ3) is 11.0. The number of hydrogen-bond acceptors (Lipinski definition) is 5. The number of H-pyrrole nitrogens is 1. The van der Waals surface area contributed by atoms with Crippen molar-refractivity contribution in [1.29, 1.82) is 0 Å². The van der Waals surface area contributed by atoms with Crippen LogP contribution in [0.4, 0.5) is 0 Å². The van der Waals surface area contributed by atoms with E-state index < -0.39 is 24.7 Å². The van der Waals surface area contributed by atoms with Crippen LogP contribution in [0.15, 0.2) is 79.9 Å². The molecule has 0 atom stereocenters. The van der Waals surface area contributed by atoms with E-state index in [4.69, 9.17) is 39.8 Å². The zero-order valence-corrected chi connectivity index (χ0v) is 54.7. The Bertz CT molecular complexity index is 2930. The van der Waals surface area contributed by atoms with Crippen LogP contribution in [-0.2, 0) is 0 Å². The van der Waals surface area contributed by atoms with Crippen LogP contribution >= 0.6 is 57.4 Å². The van der Waals surface area contributed by atoms with Gasteiger partial charge in [-0.2, -0.15) is 0 Å². The maximum absolute atomic E-state index is 9.76. The third-order valence-corrected chi connectivity index (χ3v) is 39.2. The van der Waals surface area contributed by atoms with Crippen molar-refractivity contribution in [3.63, 3.8) is 0 Å². The lowest BCUT2D eigenvalue weighted by Gasteiger charge is -2.44.